The highest BCUT2D eigenvalue weighted by atomic mass is 32.2. The highest BCUT2D eigenvalue weighted by molar-refractivity contribution is 7.89. The SMILES string of the molecule is CN(C)S(=O)(=O)c1cccc(C(O)=C2C(=O)C(=O)N(CCCN3CCOCC3)[C@H]2c2ccccc2)c1. The monoisotopic (exact) mass is 513 g/mol. The average Bonchev–Trinajstić information content (AvgIpc) is 3.14. The summed E-state index contributed by atoms with van der Waals surface area (Å²) < 4.78 is 31.7. The third kappa shape index (κ3) is 5.22. The zero-order chi connectivity index (χ0) is 25.9. The lowest BCUT2D eigenvalue weighted by molar-refractivity contribution is -0.140. The van der Waals surface area contributed by atoms with Crippen molar-refractivity contribution in [2.45, 2.75) is 17.4 Å². The normalized spacial score (nSPS) is 20.9. The van der Waals surface area contributed by atoms with Gasteiger partial charge < -0.3 is 14.7 Å². The van der Waals surface area contributed by atoms with Crippen molar-refractivity contribution in [1.29, 1.82) is 0 Å². The van der Waals surface area contributed by atoms with E-state index < -0.39 is 33.5 Å². The summed E-state index contributed by atoms with van der Waals surface area (Å²) in [4.78, 5) is 30.1. The van der Waals surface area contributed by atoms with Crippen molar-refractivity contribution in [2.75, 3.05) is 53.5 Å². The molecule has 9 nitrogen and oxygen atoms in total. The summed E-state index contributed by atoms with van der Waals surface area (Å²) in [5.41, 5.74) is 0.809. The molecule has 2 fully saturated rings. The first-order valence-corrected chi connectivity index (χ1v) is 13.3. The van der Waals surface area contributed by atoms with Gasteiger partial charge in [0.1, 0.15) is 5.76 Å². The number of Topliss-reactive ketones (excluding diaryl/α,β-unsaturated/α-hetero) is 1. The molecule has 36 heavy (non-hydrogen) atoms. The molecule has 4 rings (SSSR count). The number of ketones is 1. The molecule has 2 saturated heterocycles. The van der Waals surface area contributed by atoms with Gasteiger partial charge in [-0.1, -0.05) is 42.5 Å². The molecule has 0 bridgehead atoms. The van der Waals surface area contributed by atoms with Gasteiger partial charge in [-0.25, -0.2) is 12.7 Å². The fraction of sp³-hybridized carbons (Fsp3) is 0.385. The molecular weight excluding hydrogens is 482 g/mol. The number of likely N-dealkylation sites (tertiary alicyclic amines) is 1. The van der Waals surface area contributed by atoms with Gasteiger partial charge in [0.15, 0.2) is 0 Å². The van der Waals surface area contributed by atoms with Crippen LogP contribution in [0.25, 0.3) is 5.76 Å². The number of morpholine rings is 1. The van der Waals surface area contributed by atoms with Gasteiger partial charge in [-0.15, -0.1) is 0 Å². The van der Waals surface area contributed by atoms with Gasteiger partial charge in [0.25, 0.3) is 11.7 Å². The maximum Gasteiger partial charge on any atom is 0.295 e. The Kier molecular flexibility index (Phi) is 7.89. The van der Waals surface area contributed by atoms with Crippen LogP contribution in [0.2, 0.25) is 0 Å². The maximum absolute atomic E-state index is 13.2. The Labute approximate surface area is 211 Å². The van der Waals surface area contributed by atoms with E-state index >= 15 is 0 Å². The highest BCUT2D eigenvalue weighted by Crippen LogP contribution is 2.39. The number of hydrogen-bond donors (Lipinski definition) is 1. The predicted octanol–water partition coefficient (Wildman–Crippen LogP) is 2.08. The number of sulfonamides is 1. The first kappa shape index (κ1) is 26.0. The molecule has 0 spiro atoms. The number of aliphatic hydroxyl groups excluding tert-OH is 1. The van der Waals surface area contributed by atoms with E-state index in [4.69, 9.17) is 4.74 Å². The lowest BCUT2D eigenvalue weighted by Gasteiger charge is -2.29. The summed E-state index contributed by atoms with van der Waals surface area (Å²) in [5.74, 6) is -1.85. The minimum absolute atomic E-state index is 0.0208. The van der Waals surface area contributed by atoms with Crippen molar-refractivity contribution in [3.8, 4) is 0 Å². The molecule has 2 aliphatic heterocycles. The van der Waals surface area contributed by atoms with E-state index in [9.17, 15) is 23.1 Å². The van der Waals surface area contributed by atoms with Gasteiger partial charge in [0, 0.05) is 45.8 Å². The quantitative estimate of drug-likeness (QED) is 0.327. The molecule has 2 aliphatic rings. The number of carbonyl (C=O) groups excluding carboxylic acids is 2. The Balaban J connectivity index is 1.70. The van der Waals surface area contributed by atoms with Gasteiger partial charge in [-0.3, -0.25) is 14.5 Å². The van der Waals surface area contributed by atoms with Crippen molar-refractivity contribution in [3.05, 3.63) is 71.3 Å². The van der Waals surface area contributed by atoms with Crippen molar-refractivity contribution in [2.24, 2.45) is 0 Å². The van der Waals surface area contributed by atoms with E-state index in [0.29, 0.717) is 31.7 Å². The summed E-state index contributed by atoms with van der Waals surface area (Å²) in [6.07, 6.45) is 0.660. The van der Waals surface area contributed by atoms with Crippen LogP contribution in [0.5, 0.6) is 0 Å². The average molecular weight is 514 g/mol. The second-order valence-corrected chi connectivity index (χ2v) is 11.2. The minimum Gasteiger partial charge on any atom is -0.507 e. The molecule has 1 atom stereocenters. The first-order chi connectivity index (χ1) is 17.2. The van der Waals surface area contributed by atoms with E-state index in [1.807, 2.05) is 30.3 Å². The van der Waals surface area contributed by atoms with Crippen LogP contribution in [0.3, 0.4) is 0 Å². The summed E-state index contributed by atoms with van der Waals surface area (Å²) in [6, 6.07) is 14.1. The number of rotatable bonds is 8. The molecule has 0 unspecified atom stereocenters. The molecule has 0 aliphatic carbocycles. The van der Waals surface area contributed by atoms with Crippen LogP contribution in [-0.2, 0) is 24.3 Å². The molecule has 10 heteroatoms. The van der Waals surface area contributed by atoms with Crippen molar-refractivity contribution in [3.63, 3.8) is 0 Å². The van der Waals surface area contributed by atoms with Gasteiger partial charge >= 0.3 is 0 Å². The zero-order valence-electron chi connectivity index (χ0n) is 20.5. The molecule has 1 N–H and O–H groups in total. The predicted molar refractivity (Wildman–Crippen MR) is 135 cm³/mol. The second-order valence-electron chi connectivity index (χ2n) is 9.03. The van der Waals surface area contributed by atoms with Crippen LogP contribution >= 0.6 is 0 Å². The number of hydrogen-bond acceptors (Lipinski definition) is 7. The van der Waals surface area contributed by atoms with Gasteiger partial charge in [0.05, 0.1) is 29.7 Å². The Morgan fingerprint density at radius 1 is 1.03 bits per heavy atom. The first-order valence-electron chi connectivity index (χ1n) is 11.9. The smallest absolute Gasteiger partial charge is 0.295 e. The fourth-order valence-electron chi connectivity index (χ4n) is 4.55. The minimum atomic E-state index is -3.76. The molecule has 0 aromatic heterocycles. The number of carbonyl (C=O) groups is 2. The Hall–Kier alpha value is -3.05. The van der Waals surface area contributed by atoms with Gasteiger partial charge in [-0.05, 0) is 24.1 Å². The van der Waals surface area contributed by atoms with Gasteiger partial charge in [0.2, 0.25) is 10.0 Å². The molecule has 192 valence electrons. The van der Waals surface area contributed by atoms with Crippen LogP contribution in [0.15, 0.2) is 65.1 Å². The summed E-state index contributed by atoms with van der Waals surface area (Å²) in [5, 5.41) is 11.3. The third-order valence-electron chi connectivity index (χ3n) is 6.52. The van der Waals surface area contributed by atoms with Crippen LogP contribution in [0.1, 0.15) is 23.6 Å². The molecule has 1 amide bonds. The molecule has 2 aromatic rings. The van der Waals surface area contributed by atoms with E-state index in [-0.39, 0.29) is 16.0 Å². The van der Waals surface area contributed by atoms with Crippen LogP contribution in [-0.4, -0.2) is 92.8 Å². The van der Waals surface area contributed by atoms with Gasteiger partial charge in [-0.2, -0.15) is 0 Å². The van der Waals surface area contributed by atoms with Crippen LogP contribution in [0.4, 0.5) is 0 Å². The maximum atomic E-state index is 13.2. The summed E-state index contributed by atoms with van der Waals surface area (Å²) in [6.45, 7) is 4.11. The Bertz CT molecular complexity index is 1250. The number of benzene rings is 2. The highest BCUT2D eigenvalue weighted by Gasteiger charge is 2.45. The topological polar surface area (TPSA) is 107 Å². The third-order valence-corrected chi connectivity index (χ3v) is 8.33. The number of ether oxygens (including phenoxy) is 1. The summed E-state index contributed by atoms with van der Waals surface area (Å²) >= 11 is 0. The standard InChI is InChI=1S/C26H31N3O6S/c1-27(2)36(33,34)21-11-6-10-20(18-21)24(30)22-23(19-8-4-3-5-9-19)29(26(32)25(22)31)13-7-12-28-14-16-35-17-15-28/h3-6,8-11,18,23,30H,7,12-17H2,1-2H3/t23-/m0/s1. The van der Waals surface area contributed by atoms with Crippen molar-refractivity contribution >= 4 is 27.5 Å². The number of amides is 1. The Morgan fingerprint density at radius 3 is 2.39 bits per heavy atom. The molecule has 0 radical (unpaired) electrons. The zero-order valence-corrected chi connectivity index (χ0v) is 21.3. The largest absolute Gasteiger partial charge is 0.507 e. The van der Waals surface area contributed by atoms with E-state index in [1.165, 1.54) is 43.3 Å². The Morgan fingerprint density at radius 2 is 1.72 bits per heavy atom. The lowest BCUT2D eigenvalue weighted by atomic mass is 9.95. The van der Waals surface area contributed by atoms with E-state index in [1.54, 1.807) is 0 Å². The second kappa shape index (κ2) is 10.9. The van der Waals surface area contributed by atoms with Crippen molar-refractivity contribution in [1.82, 2.24) is 14.1 Å². The number of nitrogens with zero attached hydrogens (tertiary/aromatic N) is 3. The fourth-order valence-corrected chi connectivity index (χ4v) is 5.50. The molecular formula is C26H31N3O6S. The summed E-state index contributed by atoms with van der Waals surface area (Å²) in [7, 11) is -0.923. The molecule has 2 heterocycles. The lowest BCUT2D eigenvalue weighted by Crippen LogP contribution is -2.38. The number of aliphatic hydroxyl groups is 1. The van der Waals surface area contributed by atoms with E-state index in [2.05, 4.69) is 4.90 Å². The van der Waals surface area contributed by atoms with E-state index in [0.717, 1.165) is 23.9 Å². The van der Waals surface area contributed by atoms with Crippen LogP contribution < -0.4 is 0 Å². The van der Waals surface area contributed by atoms with Crippen molar-refractivity contribution < 1.29 is 27.9 Å². The molecule has 0 saturated carbocycles. The molecule has 2 aromatic carbocycles. The van der Waals surface area contributed by atoms with Crippen LogP contribution in [0, 0.1) is 0 Å².